The Labute approximate surface area is 155 Å². The minimum Gasteiger partial charge on any atom is -0.493 e. The maximum atomic E-state index is 12.5. The summed E-state index contributed by atoms with van der Waals surface area (Å²) >= 11 is 0. The van der Waals surface area contributed by atoms with Crippen LogP contribution in [0.1, 0.15) is 62.3 Å². The lowest BCUT2D eigenvalue weighted by molar-refractivity contribution is 0.0463. The lowest BCUT2D eigenvalue weighted by Crippen LogP contribution is -2.26. The summed E-state index contributed by atoms with van der Waals surface area (Å²) in [4.78, 5) is 12.5. The number of rotatable bonds is 6. The summed E-state index contributed by atoms with van der Waals surface area (Å²) in [5.41, 5.74) is 1.94. The van der Waals surface area contributed by atoms with Crippen molar-refractivity contribution in [1.82, 2.24) is 9.78 Å². The molecular weight excluding hydrogens is 332 g/mol. The van der Waals surface area contributed by atoms with Crippen molar-refractivity contribution in [2.75, 3.05) is 14.2 Å². The molecular formula is C20H28N2O4. The fourth-order valence-corrected chi connectivity index (χ4v) is 2.64. The highest BCUT2D eigenvalue weighted by Gasteiger charge is 2.24. The molecule has 0 radical (unpaired) electrons. The lowest BCUT2D eigenvalue weighted by Gasteiger charge is -2.23. The Bertz CT molecular complexity index is 773. The van der Waals surface area contributed by atoms with E-state index in [-0.39, 0.29) is 18.1 Å². The first kappa shape index (κ1) is 19.8. The summed E-state index contributed by atoms with van der Waals surface area (Å²) in [5, 5.41) is 4.47. The highest BCUT2D eigenvalue weighted by Crippen LogP contribution is 2.28. The van der Waals surface area contributed by atoms with E-state index in [9.17, 15) is 4.79 Å². The molecule has 0 aliphatic heterocycles. The van der Waals surface area contributed by atoms with Crippen LogP contribution in [0.5, 0.6) is 11.5 Å². The predicted molar refractivity (Wildman–Crippen MR) is 100.0 cm³/mol. The monoisotopic (exact) mass is 360 g/mol. The van der Waals surface area contributed by atoms with E-state index in [0.29, 0.717) is 17.2 Å². The molecule has 1 aromatic carbocycles. The summed E-state index contributed by atoms with van der Waals surface area (Å²) in [6.45, 7) is 10.5. The van der Waals surface area contributed by atoms with Crippen LogP contribution in [-0.2, 0) is 16.9 Å². The number of hydrogen-bond acceptors (Lipinski definition) is 5. The first-order valence-electron chi connectivity index (χ1n) is 8.65. The molecule has 0 unspecified atom stereocenters. The molecule has 6 heteroatoms. The molecule has 0 saturated carbocycles. The fraction of sp³-hybridized carbons (Fsp3) is 0.500. The van der Waals surface area contributed by atoms with Crippen molar-refractivity contribution in [1.29, 1.82) is 0 Å². The van der Waals surface area contributed by atoms with Crippen LogP contribution in [0.2, 0.25) is 0 Å². The quantitative estimate of drug-likeness (QED) is 0.725. The van der Waals surface area contributed by atoms with Crippen molar-refractivity contribution < 1.29 is 19.0 Å². The Balaban J connectivity index is 2.16. The third-order valence-corrected chi connectivity index (χ3v) is 3.99. The number of esters is 1. The van der Waals surface area contributed by atoms with E-state index in [1.165, 1.54) is 0 Å². The fourth-order valence-electron chi connectivity index (χ4n) is 2.64. The normalized spacial score (nSPS) is 11.5. The molecule has 0 spiro atoms. The molecule has 2 rings (SSSR count). The van der Waals surface area contributed by atoms with Gasteiger partial charge in [0.25, 0.3) is 0 Å². The van der Waals surface area contributed by atoms with Crippen molar-refractivity contribution in [2.45, 2.75) is 52.7 Å². The maximum absolute atomic E-state index is 12.5. The van der Waals surface area contributed by atoms with Crippen LogP contribution in [0.4, 0.5) is 0 Å². The highest BCUT2D eigenvalue weighted by molar-refractivity contribution is 5.87. The van der Waals surface area contributed by atoms with Gasteiger partial charge in [-0.15, -0.1) is 0 Å². The van der Waals surface area contributed by atoms with Gasteiger partial charge in [0, 0.05) is 5.69 Å². The van der Waals surface area contributed by atoms with Crippen LogP contribution in [0, 0.1) is 0 Å². The SMILES string of the molecule is COc1ccc(COC(=O)c2cc(C(C)C)n(C(C)(C)C)n2)cc1OC. The van der Waals surface area contributed by atoms with Gasteiger partial charge in [0.2, 0.25) is 0 Å². The zero-order valence-electron chi connectivity index (χ0n) is 16.6. The second-order valence-corrected chi connectivity index (χ2v) is 7.46. The number of ether oxygens (including phenoxy) is 3. The molecule has 1 heterocycles. The van der Waals surface area contributed by atoms with E-state index in [2.05, 4.69) is 39.7 Å². The average molecular weight is 360 g/mol. The van der Waals surface area contributed by atoms with E-state index in [1.807, 2.05) is 16.8 Å². The topological polar surface area (TPSA) is 62.6 Å². The largest absolute Gasteiger partial charge is 0.493 e. The standard InChI is InChI=1S/C20H28N2O4/c1-13(2)16-11-15(21-22(16)20(3,4)5)19(23)26-12-14-8-9-17(24-6)18(10-14)25-7/h8-11,13H,12H2,1-7H3. The van der Waals surface area contributed by atoms with Gasteiger partial charge in [-0.05, 0) is 50.5 Å². The third-order valence-electron chi connectivity index (χ3n) is 3.99. The van der Waals surface area contributed by atoms with Crippen LogP contribution >= 0.6 is 0 Å². The predicted octanol–water partition coefficient (Wildman–Crippen LogP) is 4.14. The number of carbonyl (C=O) groups is 1. The zero-order valence-corrected chi connectivity index (χ0v) is 16.6. The molecule has 26 heavy (non-hydrogen) atoms. The first-order valence-corrected chi connectivity index (χ1v) is 8.65. The minimum atomic E-state index is -0.440. The van der Waals surface area contributed by atoms with Crippen LogP contribution < -0.4 is 9.47 Å². The number of methoxy groups -OCH3 is 2. The molecule has 0 N–H and O–H groups in total. The van der Waals surface area contributed by atoms with Gasteiger partial charge >= 0.3 is 5.97 Å². The second kappa shape index (κ2) is 7.81. The average Bonchev–Trinajstić information content (AvgIpc) is 3.05. The number of nitrogens with zero attached hydrogens (tertiary/aromatic N) is 2. The Morgan fingerprint density at radius 3 is 2.27 bits per heavy atom. The van der Waals surface area contributed by atoms with Crippen molar-refractivity contribution >= 4 is 5.97 Å². The van der Waals surface area contributed by atoms with Gasteiger partial charge in [-0.1, -0.05) is 19.9 Å². The van der Waals surface area contributed by atoms with Crippen molar-refractivity contribution in [2.24, 2.45) is 0 Å². The van der Waals surface area contributed by atoms with Gasteiger partial charge in [0.05, 0.1) is 19.8 Å². The molecule has 0 saturated heterocycles. The summed E-state index contributed by atoms with van der Waals surface area (Å²) in [7, 11) is 3.15. The molecule has 0 aliphatic carbocycles. The van der Waals surface area contributed by atoms with Gasteiger partial charge in [-0.25, -0.2) is 4.79 Å². The smallest absolute Gasteiger partial charge is 0.359 e. The van der Waals surface area contributed by atoms with Crippen molar-refractivity contribution in [3.8, 4) is 11.5 Å². The maximum Gasteiger partial charge on any atom is 0.359 e. The number of hydrogen-bond donors (Lipinski definition) is 0. The second-order valence-electron chi connectivity index (χ2n) is 7.46. The summed E-state index contributed by atoms with van der Waals surface area (Å²) < 4.78 is 17.8. The van der Waals surface area contributed by atoms with E-state index in [0.717, 1.165) is 11.3 Å². The molecule has 0 fully saturated rings. The summed E-state index contributed by atoms with van der Waals surface area (Å²) in [5.74, 6) is 1.05. The number of carbonyl (C=O) groups excluding carboxylic acids is 1. The van der Waals surface area contributed by atoms with Crippen molar-refractivity contribution in [3.05, 3.63) is 41.2 Å². The highest BCUT2D eigenvalue weighted by atomic mass is 16.5. The van der Waals surface area contributed by atoms with Crippen LogP contribution in [-0.4, -0.2) is 30.0 Å². The van der Waals surface area contributed by atoms with Crippen LogP contribution in [0.25, 0.3) is 0 Å². The van der Waals surface area contributed by atoms with Crippen LogP contribution in [0.3, 0.4) is 0 Å². The minimum absolute atomic E-state index is 0.137. The van der Waals surface area contributed by atoms with E-state index >= 15 is 0 Å². The number of benzene rings is 1. The Morgan fingerprint density at radius 2 is 1.77 bits per heavy atom. The Kier molecular flexibility index (Phi) is 5.95. The molecule has 0 amide bonds. The molecule has 1 aromatic heterocycles. The van der Waals surface area contributed by atoms with E-state index in [1.54, 1.807) is 26.4 Å². The molecule has 0 bridgehead atoms. The van der Waals surface area contributed by atoms with Gasteiger partial charge in [-0.2, -0.15) is 5.10 Å². The van der Waals surface area contributed by atoms with Gasteiger partial charge in [0.1, 0.15) is 6.61 Å². The lowest BCUT2D eigenvalue weighted by atomic mass is 10.1. The molecule has 6 nitrogen and oxygen atoms in total. The molecule has 142 valence electrons. The molecule has 0 atom stereocenters. The summed E-state index contributed by atoms with van der Waals surface area (Å²) in [6.07, 6.45) is 0. The zero-order chi connectivity index (χ0) is 19.5. The van der Waals surface area contributed by atoms with E-state index < -0.39 is 5.97 Å². The first-order chi connectivity index (χ1) is 12.2. The Morgan fingerprint density at radius 1 is 1.12 bits per heavy atom. The van der Waals surface area contributed by atoms with Crippen LogP contribution in [0.15, 0.2) is 24.3 Å². The Hall–Kier alpha value is -2.50. The van der Waals surface area contributed by atoms with Crippen molar-refractivity contribution in [3.63, 3.8) is 0 Å². The van der Waals surface area contributed by atoms with Gasteiger partial charge in [-0.3, -0.25) is 4.68 Å². The summed E-state index contributed by atoms with van der Waals surface area (Å²) in [6, 6.07) is 7.22. The van der Waals surface area contributed by atoms with Gasteiger partial charge in [0.15, 0.2) is 17.2 Å². The van der Waals surface area contributed by atoms with Gasteiger partial charge < -0.3 is 14.2 Å². The number of aromatic nitrogens is 2. The molecule has 0 aliphatic rings. The third kappa shape index (κ3) is 4.36. The molecule has 2 aromatic rings. The van der Waals surface area contributed by atoms with E-state index in [4.69, 9.17) is 14.2 Å².